The number of carbonyl (C=O) groups is 2. The van der Waals surface area contributed by atoms with Crippen LogP contribution < -0.4 is 0 Å². The van der Waals surface area contributed by atoms with E-state index in [-0.39, 0.29) is 12.5 Å². The Morgan fingerprint density at radius 3 is 2.43 bits per heavy atom. The molecule has 0 unspecified atom stereocenters. The zero-order chi connectivity index (χ0) is 17.0. The minimum absolute atomic E-state index is 0.162. The number of thiazole rings is 1. The van der Waals surface area contributed by atoms with Crippen LogP contribution in [0, 0.1) is 19.8 Å². The maximum atomic E-state index is 12.8. The van der Waals surface area contributed by atoms with Gasteiger partial charge >= 0.3 is 5.97 Å². The number of carboxylic acids is 1. The van der Waals surface area contributed by atoms with E-state index >= 15 is 0 Å². The third kappa shape index (κ3) is 4.39. The SMILES string of the molecule is Cc1nc(C)c(C(=O)N(Cc2ccccc2)C[C@H](C)C(=O)O)s1. The molecule has 122 valence electrons. The van der Waals surface area contributed by atoms with Gasteiger partial charge in [-0.2, -0.15) is 0 Å². The summed E-state index contributed by atoms with van der Waals surface area (Å²) in [5.74, 6) is -1.70. The molecular weight excluding hydrogens is 312 g/mol. The smallest absolute Gasteiger partial charge is 0.308 e. The zero-order valence-corrected chi connectivity index (χ0v) is 14.3. The summed E-state index contributed by atoms with van der Waals surface area (Å²) >= 11 is 1.35. The molecule has 1 amide bonds. The first-order valence-corrected chi connectivity index (χ1v) is 8.20. The van der Waals surface area contributed by atoms with Gasteiger partial charge in [0.2, 0.25) is 0 Å². The monoisotopic (exact) mass is 332 g/mol. The lowest BCUT2D eigenvalue weighted by Gasteiger charge is -2.24. The van der Waals surface area contributed by atoms with Gasteiger partial charge in [0.05, 0.1) is 16.6 Å². The molecule has 6 heteroatoms. The molecule has 0 aliphatic carbocycles. The molecule has 1 aromatic carbocycles. The summed E-state index contributed by atoms with van der Waals surface area (Å²) in [6, 6.07) is 9.57. The number of aromatic nitrogens is 1. The molecule has 1 N–H and O–H groups in total. The molecule has 23 heavy (non-hydrogen) atoms. The van der Waals surface area contributed by atoms with E-state index in [4.69, 9.17) is 5.11 Å². The highest BCUT2D eigenvalue weighted by Gasteiger charge is 2.24. The largest absolute Gasteiger partial charge is 0.481 e. The van der Waals surface area contributed by atoms with E-state index in [9.17, 15) is 9.59 Å². The Kier molecular flexibility index (Phi) is 5.50. The maximum Gasteiger partial charge on any atom is 0.308 e. The number of carbonyl (C=O) groups excluding carboxylic acids is 1. The number of nitrogens with zero attached hydrogens (tertiary/aromatic N) is 2. The molecule has 1 atom stereocenters. The van der Waals surface area contributed by atoms with Crippen LogP contribution in [0.4, 0.5) is 0 Å². The van der Waals surface area contributed by atoms with E-state index in [1.54, 1.807) is 18.7 Å². The van der Waals surface area contributed by atoms with Crippen LogP contribution in [-0.2, 0) is 11.3 Å². The first-order valence-electron chi connectivity index (χ1n) is 7.38. The van der Waals surface area contributed by atoms with Gasteiger partial charge in [-0.15, -0.1) is 11.3 Å². The van der Waals surface area contributed by atoms with E-state index in [0.29, 0.717) is 17.1 Å². The number of rotatable bonds is 6. The van der Waals surface area contributed by atoms with Crippen molar-refractivity contribution in [3.05, 3.63) is 51.5 Å². The normalized spacial score (nSPS) is 12.0. The van der Waals surface area contributed by atoms with E-state index in [0.717, 1.165) is 10.6 Å². The molecule has 0 aliphatic rings. The van der Waals surface area contributed by atoms with Crippen LogP contribution in [0.1, 0.15) is 32.9 Å². The van der Waals surface area contributed by atoms with Crippen LogP contribution in [0.2, 0.25) is 0 Å². The highest BCUT2D eigenvalue weighted by Crippen LogP contribution is 2.21. The van der Waals surface area contributed by atoms with Crippen molar-refractivity contribution in [3.63, 3.8) is 0 Å². The number of aliphatic carboxylic acids is 1. The summed E-state index contributed by atoms with van der Waals surface area (Å²) in [6.45, 7) is 5.82. The average Bonchev–Trinajstić information content (AvgIpc) is 2.85. The van der Waals surface area contributed by atoms with Gasteiger partial charge in [-0.3, -0.25) is 9.59 Å². The second-order valence-electron chi connectivity index (χ2n) is 5.56. The Labute approximate surface area is 139 Å². The number of hydrogen-bond donors (Lipinski definition) is 1. The quantitative estimate of drug-likeness (QED) is 0.882. The Balaban J connectivity index is 2.26. The lowest BCUT2D eigenvalue weighted by atomic mass is 10.1. The number of amides is 1. The van der Waals surface area contributed by atoms with E-state index < -0.39 is 11.9 Å². The Bertz CT molecular complexity index is 697. The first-order chi connectivity index (χ1) is 10.9. The van der Waals surface area contributed by atoms with E-state index in [1.165, 1.54) is 11.3 Å². The molecule has 5 nitrogen and oxygen atoms in total. The summed E-state index contributed by atoms with van der Waals surface area (Å²) in [4.78, 5) is 30.5. The van der Waals surface area contributed by atoms with Crippen molar-refractivity contribution < 1.29 is 14.7 Å². The Morgan fingerprint density at radius 1 is 1.26 bits per heavy atom. The molecule has 0 saturated carbocycles. The zero-order valence-electron chi connectivity index (χ0n) is 13.4. The van der Waals surface area contributed by atoms with Gasteiger partial charge < -0.3 is 10.0 Å². The standard InChI is InChI=1S/C17H20N2O3S/c1-11(17(21)22)9-19(10-14-7-5-4-6-8-14)16(20)15-12(2)18-13(3)23-15/h4-8,11H,9-10H2,1-3H3,(H,21,22)/t11-/m0/s1. The van der Waals surface area contributed by atoms with Crippen molar-refractivity contribution in [2.45, 2.75) is 27.3 Å². The molecule has 0 radical (unpaired) electrons. The predicted molar refractivity (Wildman–Crippen MR) is 89.6 cm³/mol. The minimum atomic E-state index is -0.909. The number of hydrogen-bond acceptors (Lipinski definition) is 4. The molecule has 1 heterocycles. The highest BCUT2D eigenvalue weighted by molar-refractivity contribution is 7.13. The van der Waals surface area contributed by atoms with Crippen LogP contribution in [0.25, 0.3) is 0 Å². The third-order valence-corrected chi connectivity index (χ3v) is 4.58. The van der Waals surface area contributed by atoms with Crippen molar-refractivity contribution in [1.82, 2.24) is 9.88 Å². The molecule has 2 rings (SSSR count). The Morgan fingerprint density at radius 2 is 1.91 bits per heavy atom. The summed E-state index contributed by atoms with van der Waals surface area (Å²) in [7, 11) is 0. The summed E-state index contributed by atoms with van der Waals surface area (Å²) in [5, 5.41) is 9.99. The lowest BCUT2D eigenvalue weighted by Crippen LogP contribution is -2.36. The third-order valence-electron chi connectivity index (χ3n) is 3.52. The summed E-state index contributed by atoms with van der Waals surface area (Å²) in [6.07, 6.45) is 0. The van der Waals surface area contributed by atoms with Gasteiger partial charge in [0.1, 0.15) is 4.88 Å². The molecule has 0 fully saturated rings. The van der Waals surface area contributed by atoms with Gasteiger partial charge in [-0.25, -0.2) is 4.98 Å². The van der Waals surface area contributed by atoms with Gasteiger partial charge in [0, 0.05) is 13.1 Å². The second kappa shape index (κ2) is 7.37. The minimum Gasteiger partial charge on any atom is -0.481 e. The van der Waals surface area contributed by atoms with Crippen LogP contribution >= 0.6 is 11.3 Å². The maximum absolute atomic E-state index is 12.8. The molecule has 0 bridgehead atoms. The van der Waals surface area contributed by atoms with Crippen molar-refractivity contribution >= 4 is 23.2 Å². The second-order valence-corrected chi connectivity index (χ2v) is 6.76. The van der Waals surface area contributed by atoms with Crippen LogP contribution in [0.3, 0.4) is 0 Å². The van der Waals surface area contributed by atoms with Crippen LogP contribution in [0.15, 0.2) is 30.3 Å². The van der Waals surface area contributed by atoms with Crippen molar-refractivity contribution in [2.24, 2.45) is 5.92 Å². The van der Waals surface area contributed by atoms with Crippen molar-refractivity contribution in [2.75, 3.05) is 6.54 Å². The van der Waals surface area contributed by atoms with E-state index in [1.807, 2.05) is 37.3 Å². The molecule has 0 spiro atoms. The topological polar surface area (TPSA) is 70.5 Å². The molecule has 0 aliphatic heterocycles. The van der Waals surface area contributed by atoms with Gasteiger partial charge in [-0.1, -0.05) is 37.3 Å². The van der Waals surface area contributed by atoms with Crippen molar-refractivity contribution in [1.29, 1.82) is 0 Å². The van der Waals surface area contributed by atoms with Gasteiger partial charge in [0.15, 0.2) is 0 Å². The number of aryl methyl sites for hydroxylation is 2. The highest BCUT2D eigenvalue weighted by atomic mass is 32.1. The molecule has 0 saturated heterocycles. The van der Waals surface area contributed by atoms with Gasteiger partial charge in [-0.05, 0) is 19.4 Å². The van der Waals surface area contributed by atoms with Crippen LogP contribution in [-0.4, -0.2) is 33.4 Å². The fourth-order valence-electron chi connectivity index (χ4n) is 2.31. The van der Waals surface area contributed by atoms with Gasteiger partial charge in [0.25, 0.3) is 5.91 Å². The average molecular weight is 332 g/mol. The Hall–Kier alpha value is -2.21. The summed E-state index contributed by atoms with van der Waals surface area (Å²) < 4.78 is 0. The lowest BCUT2D eigenvalue weighted by molar-refractivity contribution is -0.141. The molecule has 1 aromatic heterocycles. The fourth-order valence-corrected chi connectivity index (χ4v) is 3.19. The molecular formula is C17H20N2O3S. The summed E-state index contributed by atoms with van der Waals surface area (Å²) in [5.41, 5.74) is 1.66. The van der Waals surface area contributed by atoms with E-state index in [2.05, 4.69) is 4.98 Å². The first kappa shape index (κ1) is 17.1. The van der Waals surface area contributed by atoms with Crippen LogP contribution in [0.5, 0.6) is 0 Å². The fraction of sp³-hybridized carbons (Fsp3) is 0.353. The number of benzene rings is 1. The van der Waals surface area contributed by atoms with Crippen molar-refractivity contribution in [3.8, 4) is 0 Å². The predicted octanol–water partition coefficient (Wildman–Crippen LogP) is 3.12. The molecule has 2 aromatic rings. The number of carboxylic acid groups (broad SMARTS) is 1.